The van der Waals surface area contributed by atoms with Gasteiger partial charge >= 0.3 is 0 Å². The Bertz CT molecular complexity index is 448. The lowest BCUT2D eigenvalue weighted by Crippen LogP contribution is -2.45. The van der Waals surface area contributed by atoms with Gasteiger partial charge < -0.3 is 10.1 Å². The summed E-state index contributed by atoms with van der Waals surface area (Å²) in [7, 11) is -3.32. The van der Waals surface area contributed by atoms with Crippen LogP contribution in [0.5, 0.6) is 0 Å². The molecule has 0 aromatic heterocycles. The van der Waals surface area contributed by atoms with Gasteiger partial charge in [0.05, 0.1) is 12.7 Å². The van der Waals surface area contributed by atoms with Crippen LogP contribution in [-0.2, 0) is 14.9 Å². The standard InChI is InChI=1S/C14H27N3O3S.ClH/c18-21(19,17-8-2-1-3-9-17)16-11-13-10-14(12-20-13)4-6-15-7-5-14;/h13,15-16H,1-12H2;1H. The van der Waals surface area contributed by atoms with E-state index in [-0.39, 0.29) is 23.9 Å². The molecule has 3 rings (SSSR count). The first kappa shape index (κ1) is 18.4. The van der Waals surface area contributed by atoms with E-state index in [4.69, 9.17) is 4.74 Å². The molecule has 3 heterocycles. The predicted molar refractivity (Wildman–Crippen MR) is 88.5 cm³/mol. The number of nitrogens with one attached hydrogen (secondary N) is 2. The van der Waals surface area contributed by atoms with E-state index in [0.717, 1.165) is 58.2 Å². The van der Waals surface area contributed by atoms with Gasteiger partial charge in [-0.25, -0.2) is 0 Å². The average molecular weight is 354 g/mol. The molecule has 0 radical (unpaired) electrons. The molecular formula is C14H28ClN3O3S. The summed E-state index contributed by atoms with van der Waals surface area (Å²) in [5, 5.41) is 3.38. The highest BCUT2D eigenvalue weighted by Gasteiger charge is 2.41. The quantitative estimate of drug-likeness (QED) is 0.787. The van der Waals surface area contributed by atoms with Gasteiger partial charge in [0.25, 0.3) is 10.2 Å². The van der Waals surface area contributed by atoms with E-state index >= 15 is 0 Å². The van der Waals surface area contributed by atoms with Crippen molar-refractivity contribution in [2.45, 2.75) is 44.6 Å². The molecule has 0 saturated carbocycles. The molecule has 0 bridgehead atoms. The minimum absolute atomic E-state index is 0. The largest absolute Gasteiger partial charge is 0.376 e. The third-order valence-electron chi connectivity index (χ3n) is 5.10. The summed E-state index contributed by atoms with van der Waals surface area (Å²) < 4.78 is 34.7. The van der Waals surface area contributed by atoms with Crippen LogP contribution in [0.1, 0.15) is 38.5 Å². The van der Waals surface area contributed by atoms with E-state index < -0.39 is 10.2 Å². The number of ether oxygens (including phenoxy) is 1. The Morgan fingerprint density at radius 2 is 1.86 bits per heavy atom. The molecular weight excluding hydrogens is 326 g/mol. The summed E-state index contributed by atoms with van der Waals surface area (Å²) in [4.78, 5) is 0. The fraction of sp³-hybridized carbons (Fsp3) is 1.00. The second-order valence-electron chi connectivity index (χ2n) is 6.70. The number of hydrogen-bond acceptors (Lipinski definition) is 4. The predicted octanol–water partition coefficient (Wildman–Crippen LogP) is 0.887. The van der Waals surface area contributed by atoms with Crippen molar-refractivity contribution in [2.75, 3.05) is 39.3 Å². The summed E-state index contributed by atoms with van der Waals surface area (Å²) in [5.41, 5.74) is 0.284. The van der Waals surface area contributed by atoms with E-state index in [0.29, 0.717) is 19.6 Å². The lowest BCUT2D eigenvalue weighted by Gasteiger charge is -2.32. The van der Waals surface area contributed by atoms with E-state index in [1.807, 2.05) is 0 Å². The van der Waals surface area contributed by atoms with Crippen LogP contribution < -0.4 is 10.0 Å². The normalized spacial score (nSPS) is 29.4. The van der Waals surface area contributed by atoms with Crippen molar-refractivity contribution >= 4 is 22.6 Å². The first-order valence-electron chi connectivity index (χ1n) is 8.17. The van der Waals surface area contributed by atoms with Crippen LogP contribution >= 0.6 is 12.4 Å². The summed E-state index contributed by atoms with van der Waals surface area (Å²) in [6.45, 7) is 4.59. The number of piperidine rings is 2. The summed E-state index contributed by atoms with van der Waals surface area (Å²) in [6, 6.07) is 0. The zero-order chi connectivity index (χ0) is 14.8. The Hall–Kier alpha value is 0.0800. The zero-order valence-corrected chi connectivity index (χ0v) is 14.7. The molecule has 0 aliphatic carbocycles. The fourth-order valence-electron chi connectivity index (χ4n) is 3.73. The van der Waals surface area contributed by atoms with E-state index in [1.54, 1.807) is 4.31 Å². The zero-order valence-electron chi connectivity index (χ0n) is 13.1. The van der Waals surface area contributed by atoms with Crippen molar-refractivity contribution in [3.8, 4) is 0 Å². The Kier molecular flexibility index (Phi) is 6.50. The highest BCUT2D eigenvalue weighted by atomic mass is 35.5. The Morgan fingerprint density at radius 1 is 1.18 bits per heavy atom. The van der Waals surface area contributed by atoms with Crippen molar-refractivity contribution < 1.29 is 13.2 Å². The molecule has 1 unspecified atom stereocenters. The molecule has 2 N–H and O–H groups in total. The molecule has 8 heteroatoms. The third kappa shape index (κ3) is 4.33. The lowest BCUT2D eigenvalue weighted by molar-refractivity contribution is 0.0885. The third-order valence-corrected chi connectivity index (χ3v) is 6.67. The van der Waals surface area contributed by atoms with Crippen molar-refractivity contribution in [1.29, 1.82) is 0 Å². The van der Waals surface area contributed by atoms with Crippen LogP contribution in [0, 0.1) is 5.41 Å². The molecule has 3 fully saturated rings. The second kappa shape index (κ2) is 7.77. The van der Waals surface area contributed by atoms with Crippen molar-refractivity contribution in [2.24, 2.45) is 5.41 Å². The molecule has 1 atom stereocenters. The molecule has 22 heavy (non-hydrogen) atoms. The molecule has 0 aromatic carbocycles. The fourth-order valence-corrected chi connectivity index (χ4v) is 5.04. The SMILES string of the molecule is Cl.O=S(=O)(NCC1CC2(CCNCC2)CO1)N1CCCCC1. The minimum Gasteiger partial charge on any atom is -0.376 e. The molecule has 130 valence electrons. The van der Waals surface area contributed by atoms with Gasteiger partial charge in [0.1, 0.15) is 0 Å². The highest BCUT2D eigenvalue weighted by Crippen LogP contribution is 2.40. The molecule has 3 aliphatic rings. The van der Waals surface area contributed by atoms with E-state index in [1.165, 1.54) is 0 Å². The molecule has 6 nitrogen and oxygen atoms in total. The number of rotatable bonds is 4. The summed E-state index contributed by atoms with van der Waals surface area (Å²) in [6.07, 6.45) is 6.37. The molecule has 3 saturated heterocycles. The van der Waals surface area contributed by atoms with Crippen LogP contribution in [-0.4, -0.2) is 58.2 Å². The van der Waals surface area contributed by atoms with Crippen LogP contribution in [0.3, 0.4) is 0 Å². The Morgan fingerprint density at radius 3 is 2.55 bits per heavy atom. The van der Waals surface area contributed by atoms with Gasteiger partial charge in [0.15, 0.2) is 0 Å². The van der Waals surface area contributed by atoms with E-state index in [2.05, 4.69) is 10.0 Å². The molecule has 1 spiro atoms. The lowest BCUT2D eigenvalue weighted by atomic mass is 9.77. The smallest absolute Gasteiger partial charge is 0.279 e. The van der Waals surface area contributed by atoms with Gasteiger partial charge in [-0.05, 0) is 50.6 Å². The van der Waals surface area contributed by atoms with Crippen molar-refractivity contribution in [3.05, 3.63) is 0 Å². The summed E-state index contributed by atoms with van der Waals surface area (Å²) >= 11 is 0. The van der Waals surface area contributed by atoms with E-state index in [9.17, 15) is 8.42 Å². The van der Waals surface area contributed by atoms with Crippen LogP contribution in [0.25, 0.3) is 0 Å². The Labute approximate surface area is 139 Å². The average Bonchev–Trinajstić information content (AvgIpc) is 2.90. The second-order valence-corrected chi connectivity index (χ2v) is 8.46. The van der Waals surface area contributed by atoms with Gasteiger partial charge in [0, 0.05) is 19.6 Å². The highest BCUT2D eigenvalue weighted by molar-refractivity contribution is 7.87. The van der Waals surface area contributed by atoms with Gasteiger partial charge in [-0.15, -0.1) is 12.4 Å². The monoisotopic (exact) mass is 353 g/mol. The first-order chi connectivity index (χ1) is 10.1. The van der Waals surface area contributed by atoms with Gasteiger partial charge in [0.2, 0.25) is 0 Å². The maximum Gasteiger partial charge on any atom is 0.279 e. The molecule has 3 aliphatic heterocycles. The maximum atomic E-state index is 12.3. The first-order valence-corrected chi connectivity index (χ1v) is 9.61. The molecule has 0 aromatic rings. The number of halogens is 1. The maximum absolute atomic E-state index is 12.3. The number of nitrogens with zero attached hydrogens (tertiary/aromatic N) is 1. The molecule has 0 amide bonds. The van der Waals surface area contributed by atoms with Crippen LogP contribution in [0.2, 0.25) is 0 Å². The summed E-state index contributed by atoms with van der Waals surface area (Å²) in [5.74, 6) is 0. The topological polar surface area (TPSA) is 70.7 Å². The minimum atomic E-state index is -3.32. The van der Waals surface area contributed by atoms with Crippen molar-refractivity contribution in [1.82, 2.24) is 14.3 Å². The Balaban J connectivity index is 0.00000176. The van der Waals surface area contributed by atoms with Gasteiger partial charge in [-0.3, -0.25) is 0 Å². The van der Waals surface area contributed by atoms with Gasteiger partial charge in [-0.1, -0.05) is 6.42 Å². The van der Waals surface area contributed by atoms with Gasteiger partial charge in [-0.2, -0.15) is 17.4 Å². The van der Waals surface area contributed by atoms with Crippen LogP contribution in [0.4, 0.5) is 0 Å². The van der Waals surface area contributed by atoms with Crippen LogP contribution in [0.15, 0.2) is 0 Å². The van der Waals surface area contributed by atoms with Crippen molar-refractivity contribution in [3.63, 3.8) is 0 Å². The number of hydrogen-bond donors (Lipinski definition) is 2.